The lowest BCUT2D eigenvalue weighted by atomic mass is 10.2. The summed E-state index contributed by atoms with van der Waals surface area (Å²) in [6, 6.07) is 20.7. The monoisotopic (exact) mass is 490 g/mol. The van der Waals surface area contributed by atoms with Crippen LogP contribution in [0.5, 0.6) is 17.2 Å². The highest BCUT2D eigenvalue weighted by molar-refractivity contribution is 5.91. The van der Waals surface area contributed by atoms with Crippen molar-refractivity contribution in [2.45, 2.75) is 32.5 Å². The van der Waals surface area contributed by atoms with Gasteiger partial charge in [0.25, 0.3) is 0 Å². The number of rotatable bonds is 13. The molecule has 7 heteroatoms. The minimum atomic E-state index is -1.19. The molecule has 0 aliphatic heterocycles. The van der Waals surface area contributed by atoms with E-state index in [2.05, 4.69) is 13.5 Å². The van der Waals surface area contributed by atoms with Gasteiger partial charge in [0.05, 0.1) is 18.8 Å². The Morgan fingerprint density at radius 2 is 1.47 bits per heavy atom. The molecule has 3 rings (SSSR count). The second-order valence-corrected chi connectivity index (χ2v) is 7.88. The number of aryl methyl sites for hydroxylation is 1. The molecular formula is C29H30O7. The number of esters is 2. The van der Waals surface area contributed by atoms with Crippen LogP contribution >= 0.6 is 0 Å². The maximum Gasteiger partial charge on any atom is 0.343 e. The molecule has 188 valence electrons. The van der Waals surface area contributed by atoms with Gasteiger partial charge in [-0.05, 0) is 85.5 Å². The van der Waals surface area contributed by atoms with E-state index in [4.69, 9.17) is 18.9 Å². The van der Waals surface area contributed by atoms with Gasteiger partial charge in [-0.15, -0.1) is 0 Å². The van der Waals surface area contributed by atoms with Crippen LogP contribution in [0.15, 0.2) is 85.5 Å². The summed E-state index contributed by atoms with van der Waals surface area (Å²) in [5, 5.41) is 10.4. The third kappa shape index (κ3) is 8.29. The Morgan fingerprint density at radius 3 is 2.11 bits per heavy atom. The highest BCUT2D eigenvalue weighted by Crippen LogP contribution is 2.23. The summed E-state index contributed by atoms with van der Waals surface area (Å²) in [4.78, 5) is 23.3. The average Bonchev–Trinajstić information content (AvgIpc) is 2.91. The molecule has 7 nitrogen and oxygen atoms in total. The number of carbonyl (C=O) groups is 2. The number of unbranched alkanes of at least 4 members (excludes halogenated alkanes) is 1. The van der Waals surface area contributed by atoms with Crippen LogP contribution < -0.4 is 14.2 Å². The minimum absolute atomic E-state index is 0.325. The van der Waals surface area contributed by atoms with E-state index in [1.54, 1.807) is 60.7 Å². The molecule has 1 atom stereocenters. The Morgan fingerprint density at radius 1 is 0.861 bits per heavy atom. The van der Waals surface area contributed by atoms with Crippen LogP contribution in [0.3, 0.4) is 0 Å². The van der Waals surface area contributed by atoms with E-state index in [0.717, 1.165) is 24.5 Å². The summed E-state index contributed by atoms with van der Waals surface area (Å²) in [5.41, 5.74) is 2.09. The lowest BCUT2D eigenvalue weighted by molar-refractivity contribution is -0.137. The van der Waals surface area contributed by atoms with Crippen molar-refractivity contribution in [2.24, 2.45) is 0 Å². The maximum absolute atomic E-state index is 12.4. The molecule has 0 saturated carbocycles. The topological polar surface area (TPSA) is 91.3 Å². The van der Waals surface area contributed by atoms with E-state index < -0.39 is 18.2 Å². The molecule has 0 radical (unpaired) electrons. The molecule has 1 N–H and O–H groups in total. The summed E-state index contributed by atoms with van der Waals surface area (Å²) in [6.45, 7) is 6.20. The number of aliphatic hydroxyl groups is 1. The third-order valence-electron chi connectivity index (χ3n) is 5.26. The van der Waals surface area contributed by atoms with Gasteiger partial charge < -0.3 is 24.1 Å². The lowest BCUT2D eigenvalue weighted by Crippen LogP contribution is -2.09. The van der Waals surface area contributed by atoms with Crippen LogP contribution in [0, 0.1) is 0 Å². The lowest BCUT2D eigenvalue weighted by Gasteiger charge is -2.15. The second-order valence-electron chi connectivity index (χ2n) is 7.88. The molecule has 0 aliphatic carbocycles. The fourth-order valence-corrected chi connectivity index (χ4v) is 3.18. The van der Waals surface area contributed by atoms with Gasteiger partial charge >= 0.3 is 11.9 Å². The van der Waals surface area contributed by atoms with Gasteiger partial charge in [0.1, 0.15) is 17.2 Å². The Kier molecular flexibility index (Phi) is 10.1. The number of carbonyl (C=O) groups excluding carboxylic acids is 2. The van der Waals surface area contributed by atoms with E-state index in [1.165, 1.54) is 0 Å². The Bertz CT molecular complexity index is 1120. The average molecular weight is 491 g/mol. The zero-order chi connectivity index (χ0) is 25.8. The largest absolute Gasteiger partial charge is 0.494 e. The molecule has 0 aromatic heterocycles. The van der Waals surface area contributed by atoms with E-state index >= 15 is 0 Å². The van der Waals surface area contributed by atoms with Crippen LogP contribution in [0.4, 0.5) is 0 Å². The summed E-state index contributed by atoms with van der Waals surface area (Å²) in [6.07, 6.45) is 2.28. The summed E-state index contributed by atoms with van der Waals surface area (Å²) < 4.78 is 21.5. The SMILES string of the molecule is C=CC(=O)OCCCCOc1ccc(C(O)Oc2ccc(C(=O)Oc3ccc(CC)cc3)cc2)cc1. The fraction of sp³-hybridized carbons (Fsp3) is 0.241. The summed E-state index contributed by atoms with van der Waals surface area (Å²) in [5.74, 6) is 0.637. The molecule has 0 spiro atoms. The number of aliphatic hydroxyl groups excluding tert-OH is 1. The zero-order valence-corrected chi connectivity index (χ0v) is 20.2. The third-order valence-corrected chi connectivity index (χ3v) is 5.26. The first-order valence-electron chi connectivity index (χ1n) is 11.8. The number of benzene rings is 3. The number of ether oxygens (including phenoxy) is 4. The predicted molar refractivity (Wildman–Crippen MR) is 135 cm³/mol. The van der Waals surface area contributed by atoms with Crippen molar-refractivity contribution in [2.75, 3.05) is 13.2 Å². The van der Waals surface area contributed by atoms with E-state index in [0.29, 0.717) is 48.0 Å². The van der Waals surface area contributed by atoms with Crippen LogP contribution in [-0.2, 0) is 16.0 Å². The Balaban J connectivity index is 1.44. The first kappa shape index (κ1) is 26.5. The molecule has 1 unspecified atom stereocenters. The van der Waals surface area contributed by atoms with Crippen LogP contribution in [-0.4, -0.2) is 30.3 Å². The van der Waals surface area contributed by atoms with Gasteiger partial charge in [-0.3, -0.25) is 0 Å². The standard InChI is InChI=1S/C29H30O7/c1-3-21-7-13-25(14-8-21)35-29(32)23-11-17-26(18-12-23)36-28(31)22-9-15-24(16-10-22)33-19-5-6-20-34-27(30)4-2/h4,7-18,28,31H,2-3,5-6,19-20H2,1H3. The van der Waals surface area contributed by atoms with Gasteiger partial charge in [0, 0.05) is 11.6 Å². The molecule has 0 saturated heterocycles. The molecule has 0 aliphatic rings. The van der Waals surface area contributed by atoms with Crippen molar-refractivity contribution in [3.8, 4) is 17.2 Å². The van der Waals surface area contributed by atoms with Gasteiger partial charge in [-0.25, -0.2) is 9.59 Å². The van der Waals surface area contributed by atoms with Crippen LogP contribution in [0.25, 0.3) is 0 Å². The zero-order valence-electron chi connectivity index (χ0n) is 20.2. The second kappa shape index (κ2) is 13.7. The minimum Gasteiger partial charge on any atom is -0.494 e. The van der Waals surface area contributed by atoms with Crippen molar-refractivity contribution in [1.29, 1.82) is 0 Å². The van der Waals surface area contributed by atoms with Crippen molar-refractivity contribution >= 4 is 11.9 Å². The number of hydrogen-bond acceptors (Lipinski definition) is 7. The van der Waals surface area contributed by atoms with Gasteiger partial charge in [-0.1, -0.05) is 25.6 Å². The Hall–Kier alpha value is -4.10. The molecule has 0 bridgehead atoms. The molecular weight excluding hydrogens is 460 g/mol. The molecule has 0 amide bonds. The van der Waals surface area contributed by atoms with Crippen LogP contribution in [0.2, 0.25) is 0 Å². The molecule has 0 heterocycles. The predicted octanol–water partition coefficient (Wildman–Crippen LogP) is 5.43. The van der Waals surface area contributed by atoms with Crippen molar-refractivity contribution in [3.05, 3.63) is 102 Å². The molecule has 36 heavy (non-hydrogen) atoms. The smallest absolute Gasteiger partial charge is 0.343 e. The van der Waals surface area contributed by atoms with Crippen molar-refractivity contribution in [3.63, 3.8) is 0 Å². The van der Waals surface area contributed by atoms with Crippen molar-refractivity contribution in [1.82, 2.24) is 0 Å². The van der Waals surface area contributed by atoms with Crippen LogP contribution in [0.1, 0.15) is 47.5 Å². The summed E-state index contributed by atoms with van der Waals surface area (Å²) >= 11 is 0. The van der Waals surface area contributed by atoms with E-state index in [1.807, 2.05) is 12.1 Å². The van der Waals surface area contributed by atoms with Gasteiger partial charge in [0.15, 0.2) is 0 Å². The van der Waals surface area contributed by atoms with Gasteiger partial charge in [-0.2, -0.15) is 0 Å². The Labute approximate surface area is 210 Å². The first-order chi connectivity index (χ1) is 17.5. The molecule has 0 fully saturated rings. The molecule has 3 aromatic rings. The summed E-state index contributed by atoms with van der Waals surface area (Å²) in [7, 11) is 0. The van der Waals surface area contributed by atoms with Gasteiger partial charge in [0.2, 0.25) is 6.29 Å². The highest BCUT2D eigenvalue weighted by atomic mass is 16.6. The first-order valence-corrected chi connectivity index (χ1v) is 11.8. The van der Waals surface area contributed by atoms with Crippen molar-refractivity contribution < 1.29 is 33.6 Å². The normalized spacial score (nSPS) is 11.3. The highest BCUT2D eigenvalue weighted by Gasteiger charge is 2.12. The maximum atomic E-state index is 12.4. The van der Waals surface area contributed by atoms with E-state index in [-0.39, 0.29) is 0 Å². The fourth-order valence-electron chi connectivity index (χ4n) is 3.18. The molecule has 3 aromatic carbocycles. The quantitative estimate of drug-likeness (QED) is 0.112. The number of hydrogen-bond donors (Lipinski definition) is 1. The van der Waals surface area contributed by atoms with E-state index in [9.17, 15) is 14.7 Å².